The lowest BCUT2D eigenvalue weighted by atomic mass is 10.2. The number of hydrogen-bond donors (Lipinski definition) is 1. The zero-order valence-electron chi connectivity index (χ0n) is 10.6. The number of benzene rings is 2. The van der Waals surface area contributed by atoms with Crippen LogP contribution in [0.5, 0.6) is 0 Å². The van der Waals surface area contributed by atoms with Gasteiger partial charge in [-0.05, 0) is 24.6 Å². The summed E-state index contributed by atoms with van der Waals surface area (Å²) in [6.07, 6.45) is 0. The van der Waals surface area contributed by atoms with Crippen molar-refractivity contribution in [2.75, 3.05) is 6.54 Å². The molecule has 1 heterocycles. The first-order chi connectivity index (χ1) is 8.81. The summed E-state index contributed by atoms with van der Waals surface area (Å²) >= 11 is 0. The van der Waals surface area contributed by atoms with Gasteiger partial charge in [0.15, 0.2) is 0 Å². The van der Waals surface area contributed by atoms with Gasteiger partial charge in [-0.15, -0.1) is 0 Å². The summed E-state index contributed by atoms with van der Waals surface area (Å²) in [4.78, 5) is 0. The van der Waals surface area contributed by atoms with Crippen LogP contribution in [-0.4, -0.2) is 11.1 Å². The molecule has 0 aliphatic carbocycles. The lowest BCUT2D eigenvalue weighted by Crippen LogP contribution is -2.16. The second kappa shape index (κ2) is 4.46. The molecule has 1 atom stereocenters. The zero-order chi connectivity index (χ0) is 12.5. The monoisotopic (exact) mass is 238 g/mol. The summed E-state index contributed by atoms with van der Waals surface area (Å²) in [5, 5.41) is 2.66. The number of rotatable bonds is 3. The Hall–Kier alpha value is -1.80. The summed E-state index contributed by atoms with van der Waals surface area (Å²) in [6.45, 7) is 3.90. The van der Waals surface area contributed by atoms with Crippen molar-refractivity contribution in [3.63, 3.8) is 0 Å². The highest BCUT2D eigenvalue weighted by Crippen LogP contribution is 2.29. The predicted octanol–water partition coefficient (Wildman–Crippen LogP) is 3.39. The molecular weight excluding hydrogens is 220 g/mol. The second-order valence-corrected chi connectivity index (χ2v) is 4.99. The van der Waals surface area contributed by atoms with Crippen LogP contribution in [0.15, 0.2) is 48.5 Å². The molecule has 0 saturated heterocycles. The van der Waals surface area contributed by atoms with Gasteiger partial charge in [-0.2, -0.15) is 0 Å². The van der Waals surface area contributed by atoms with Gasteiger partial charge in [-0.3, -0.25) is 0 Å². The van der Waals surface area contributed by atoms with E-state index in [0.717, 1.165) is 13.1 Å². The van der Waals surface area contributed by atoms with E-state index in [4.69, 9.17) is 5.73 Å². The lowest BCUT2D eigenvalue weighted by molar-refractivity contribution is 0.510. The van der Waals surface area contributed by atoms with Gasteiger partial charge in [0.2, 0.25) is 0 Å². The molecule has 3 aromatic rings. The smallest absolute Gasteiger partial charge is 0.0491 e. The van der Waals surface area contributed by atoms with Crippen molar-refractivity contribution < 1.29 is 0 Å². The molecule has 2 aromatic carbocycles. The van der Waals surface area contributed by atoms with E-state index >= 15 is 0 Å². The van der Waals surface area contributed by atoms with E-state index in [1.165, 1.54) is 21.8 Å². The summed E-state index contributed by atoms with van der Waals surface area (Å²) in [5.74, 6) is 0.490. The van der Waals surface area contributed by atoms with Crippen molar-refractivity contribution in [1.29, 1.82) is 0 Å². The number of nitrogens with zero attached hydrogens (tertiary/aromatic N) is 1. The van der Waals surface area contributed by atoms with Crippen LogP contribution in [0.3, 0.4) is 0 Å². The molecule has 0 spiro atoms. The van der Waals surface area contributed by atoms with Crippen molar-refractivity contribution in [2.45, 2.75) is 13.5 Å². The SMILES string of the molecule is CC(CN)Cn1c2ccccc2c2ccccc21. The zero-order valence-corrected chi connectivity index (χ0v) is 10.6. The fourth-order valence-corrected chi connectivity index (χ4v) is 2.59. The van der Waals surface area contributed by atoms with Gasteiger partial charge in [0.05, 0.1) is 0 Å². The molecule has 92 valence electrons. The van der Waals surface area contributed by atoms with Crippen LogP contribution < -0.4 is 5.73 Å². The van der Waals surface area contributed by atoms with Gasteiger partial charge in [0.1, 0.15) is 0 Å². The van der Waals surface area contributed by atoms with Crippen LogP contribution in [0, 0.1) is 5.92 Å². The van der Waals surface area contributed by atoms with Crippen molar-refractivity contribution in [2.24, 2.45) is 11.7 Å². The third-order valence-corrected chi connectivity index (χ3v) is 3.58. The first kappa shape index (κ1) is 11.3. The Morgan fingerprint density at radius 3 is 1.94 bits per heavy atom. The number of nitrogens with two attached hydrogens (primary N) is 1. The maximum absolute atomic E-state index is 5.76. The average Bonchev–Trinajstić information content (AvgIpc) is 2.74. The van der Waals surface area contributed by atoms with Crippen molar-refractivity contribution in [3.8, 4) is 0 Å². The molecule has 0 bridgehead atoms. The summed E-state index contributed by atoms with van der Waals surface area (Å²) < 4.78 is 2.39. The largest absolute Gasteiger partial charge is 0.340 e. The van der Waals surface area contributed by atoms with Gasteiger partial charge in [0, 0.05) is 28.4 Å². The number of para-hydroxylation sites is 2. The normalized spacial score (nSPS) is 13.2. The molecular formula is C16H18N2. The fourth-order valence-electron chi connectivity index (χ4n) is 2.59. The summed E-state index contributed by atoms with van der Waals surface area (Å²) in [7, 11) is 0. The Morgan fingerprint density at radius 1 is 0.944 bits per heavy atom. The van der Waals surface area contributed by atoms with E-state index in [2.05, 4.69) is 60.0 Å². The van der Waals surface area contributed by atoms with Crippen LogP contribution in [0.1, 0.15) is 6.92 Å². The summed E-state index contributed by atoms with van der Waals surface area (Å²) in [5.41, 5.74) is 8.37. The molecule has 2 heteroatoms. The molecule has 18 heavy (non-hydrogen) atoms. The number of fused-ring (bicyclic) bond motifs is 3. The van der Waals surface area contributed by atoms with Gasteiger partial charge in [0.25, 0.3) is 0 Å². The molecule has 0 radical (unpaired) electrons. The summed E-state index contributed by atoms with van der Waals surface area (Å²) in [6, 6.07) is 17.2. The molecule has 3 rings (SSSR count). The Bertz CT molecular complexity index is 628. The third-order valence-electron chi connectivity index (χ3n) is 3.58. The van der Waals surface area contributed by atoms with Crippen molar-refractivity contribution >= 4 is 21.8 Å². The molecule has 2 N–H and O–H groups in total. The topological polar surface area (TPSA) is 30.9 Å². The van der Waals surface area contributed by atoms with Crippen LogP contribution in [0.4, 0.5) is 0 Å². The molecule has 0 aliphatic rings. The van der Waals surface area contributed by atoms with E-state index in [-0.39, 0.29) is 0 Å². The third kappa shape index (κ3) is 1.70. The van der Waals surface area contributed by atoms with Crippen LogP contribution in [0.2, 0.25) is 0 Å². The molecule has 2 nitrogen and oxygen atoms in total. The second-order valence-electron chi connectivity index (χ2n) is 4.99. The van der Waals surface area contributed by atoms with Crippen molar-refractivity contribution in [1.82, 2.24) is 4.57 Å². The first-order valence-corrected chi connectivity index (χ1v) is 6.47. The van der Waals surface area contributed by atoms with Crippen LogP contribution in [0.25, 0.3) is 21.8 Å². The fraction of sp³-hybridized carbons (Fsp3) is 0.250. The first-order valence-electron chi connectivity index (χ1n) is 6.47. The predicted molar refractivity (Wildman–Crippen MR) is 77.7 cm³/mol. The van der Waals surface area contributed by atoms with E-state index in [1.807, 2.05) is 0 Å². The van der Waals surface area contributed by atoms with Crippen molar-refractivity contribution in [3.05, 3.63) is 48.5 Å². The molecule has 0 aliphatic heterocycles. The Balaban J connectivity index is 2.31. The minimum atomic E-state index is 0.490. The van der Waals surface area contributed by atoms with E-state index in [9.17, 15) is 0 Å². The van der Waals surface area contributed by atoms with E-state index in [0.29, 0.717) is 5.92 Å². The molecule has 0 amide bonds. The standard InChI is InChI=1S/C16H18N2/c1-12(10-17)11-18-15-8-4-2-6-13(15)14-7-3-5-9-16(14)18/h2-9,12H,10-11,17H2,1H3. The molecule has 0 saturated carbocycles. The van der Waals surface area contributed by atoms with Crippen LogP contribution >= 0.6 is 0 Å². The highest BCUT2D eigenvalue weighted by molar-refractivity contribution is 6.07. The quantitative estimate of drug-likeness (QED) is 0.745. The Labute approximate surface area is 107 Å². The molecule has 0 fully saturated rings. The van der Waals surface area contributed by atoms with Crippen LogP contribution in [-0.2, 0) is 6.54 Å². The van der Waals surface area contributed by atoms with Gasteiger partial charge in [-0.1, -0.05) is 43.3 Å². The van der Waals surface area contributed by atoms with Gasteiger partial charge in [-0.25, -0.2) is 0 Å². The Kier molecular flexibility index (Phi) is 2.80. The average molecular weight is 238 g/mol. The highest BCUT2D eigenvalue weighted by Gasteiger charge is 2.11. The van der Waals surface area contributed by atoms with E-state index in [1.54, 1.807) is 0 Å². The number of aromatic nitrogens is 1. The number of hydrogen-bond acceptors (Lipinski definition) is 1. The van der Waals surface area contributed by atoms with Gasteiger partial charge < -0.3 is 10.3 Å². The minimum Gasteiger partial charge on any atom is -0.340 e. The lowest BCUT2D eigenvalue weighted by Gasteiger charge is -2.12. The van der Waals surface area contributed by atoms with E-state index < -0.39 is 0 Å². The minimum absolute atomic E-state index is 0.490. The highest BCUT2D eigenvalue weighted by atomic mass is 15.0. The Morgan fingerprint density at radius 2 is 1.44 bits per heavy atom. The maximum atomic E-state index is 5.76. The molecule has 1 unspecified atom stereocenters. The maximum Gasteiger partial charge on any atom is 0.0491 e. The van der Waals surface area contributed by atoms with Gasteiger partial charge >= 0.3 is 0 Å². The molecule has 1 aromatic heterocycles.